The van der Waals surface area contributed by atoms with Crippen molar-refractivity contribution >= 4 is 5.91 Å². The number of piperazine rings is 1. The van der Waals surface area contributed by atoms with Crippen molar-refractivity contribution in [3.8, 4) is 11.5 Å². The molecule has 0 aliphatic carbocycles. The summed E-state index contributed by atoms with van der Waals surface area (Å²) in [4.78, 5) is 13.8. The van der Waals surface area contributed by atoms with E-state index in [0.717, 1.165) is 6.54 Å². The summed E-state index contributed by atoms with van der Waals surface area (Å²) in [6.45, 7) is 3.96. The number of phenols is 2. The SMILES string of the molecule is C[C@H]1CN(C(=O)c2cccc(O)c2O)CCN1. The maximum atomic E-state index is 12.1. The molecule has 1 aromatic carbocycles. The first-order valence-corrected chi connectivity index (χ1v) is 5.63. The highest BCUT2D eigenvalue weighted by molar-refractivity contribution is 5.97. The van der Waals surface area contributed by atoms with Gasteiger partial charge in [-0.25, -0.2) is 0 Å². The summed E-state index contributed by atoms with van der Waals surface area (Å²) < 4.78 is 0. The van der Waals surface area contributed by atoms with Crippen molar-refractivity contribution in [2.45, 2.75) is 13.0 Å². The summed E-state index contributed by atoms with van der Waals surface area (Å²) in [5.41, 5.74) is 0.152. The lowest BCUT2D eigenvalue weighted by atomic mass is 10.1. The number of benzene rings is 1. The Labute approximate surface area is 99.7 Å². The number of phenolic OH excluding ortho intramolecular Hbond substituents is 2. The van der Waals surface area contributed by atoms with Crippen LogP contribution >= 0.6 is 0 Å². The quantitative estimate of drug-likeness (QED) is 0.622. The van der Waals surface area contributed by atoms with Gasteiger partial charge in [-0.3, -0.25) is 4.79 Å². The lowest BCUT2D eigenvalue weighted by molar-refractivity contribution is 0.0705. The van der Waals surface area contributed by atoms with Gasteiger partial charge in [0.25, 0.3) is 5.91 Å². The number of carbonyl (C=O) groups is 1. The summed E-state index contributed by atoms with van der Waals surface area (Å²) in [5, 5.41) is 22.3. The van der Waals surface area contributed by atoms with Gasteiger partial charge in [0.15, 0.2) is 11.5 Å². The van der Waals surface area contributed by atoms with Crippen molar-refractivity contribution in [3.63, 3.8) is 0 Å². The van der Waals surface area contributed by atoms with E-state index in [1.165, 1.54) is 12.1 Å². The van der Waals surface area contributed by atoms with Crippen molar-refractivity contribution in [3.05, 3.63) is 23.8 Å². The maximum absolute atomic E-state index is 12.1. The van der Waals surface area contributed by atoms with Crippen LogP contribution in [0.15, 0.2) is 18.2 Å². The largest absolute Gasteiger partial charge is 0.504 e. The van der Waals surface area contributed by atoms with Crippen LogP contribution in [-0.4, -0.2) is 46.7 Å². The molecule has 1 amide bonds. The van der Waals surface area contributed by atoms with Crippen LogP contribution in [0.1, 0.15) is 17.3 Å². The van der Waals surface area contributed by atoms with E-state index >= 15 is 0 Å². The number of hydrogen-bond acceptors (Lipinski definition) is 4. The summed E-state index contributed by atoms with van der Waals surface area (Å²) in [7, 11) is 0. The standard InChI is InChI=1S/C12H16N2O3/c1-8-7-14(6-5-13-8)12(17)9-3-2-4-10(15)11(9)16/h2-4,8,13,15-16H,5-7H2,1H3/t8-/m0/s1. The molecule has 0 unspecified atom stereocenters. The lowest BCUT2D eigenvalue weighted by Gasteiger charge is -2.32. The Bertz CT molecular complexity index is 434. The Balaban J connectivity index is 2.22. The van der Waals surface area contributed by atoms with E-state index in [2.05, 4.69) is 5.32 Å². The molecule has 17 heavy (non-hydrogen) atoms. The van der Waals surface area contributed by atoms with Crippen LogP contribution in [0.25, 0.3) is 0 Å². The number of rotatable bonds is 1. The van der Waals surface area contributed by atoms with E-state index in [9.17, 15) is 15.0 Å². The molecule has 2 rings (SSSR count). The van der Waals surface area contributed by atoms with Gasteiger partial charge >= 0.3 is 0 Å². The topological polar surface area (TPSA) is 72.8 Å². The predicted octanol–water partition coefficient (Wildman–Crippen LogP) is 0.532. The normalized spacial score (nSPS) is 20.3. The van der Waals surface area contributed by atoms with Crippen molar-refractivity contribution in [1.29, 1.82) is 0 Å². The Morgan fingerprint density at radius 1 is 1.47 bits per heavy atom. The molecule has 0 saturated carbocycles. The molecule has 3 N–H and O–H groups in total. The first-order chi connectivity index (χ1) is 8.09. The second kappa shape index (κ2) is 4.63. The van der Waals surface area contributed by atoms with Gasteiger partial charge in [-0.15, -0.1) is 0 Å². The first-order valence-electron chi connectivity index (χ1n) is 5.63. The van der Waals surface area contributed by atoms with E-state index in [4.69, 9.17) is 0 Å². The van der Waals surface area contributed by atoms with Gasteiger partial charge in [-0.1, -0.05) is 6.07 Å². The number of amides is 1. The van der Waals surface area contributed by atoms with Crippen LogP contribution in [-0.2, 0) is 0 Å². The van der Waals surface area contributed by atoms with Gasteiger partial charge in [0.1, 0.15) is 0 Å². The highest BCUT2D eigenvalue weighted by atomic mass is 16.3. The number of nitrogens with one attached hydrogen (secondary N) is 1. The number of carbonyl (C=O) groups excluding carboxylic acids is 1. The Morgan fingerprint density at radius 2 is 2.24 bits per heavy atom. The summed E-state index contributed by atoms with van der Waals surface area (Å²) in [6.07, 6.45) is 0. The van der Waals surface area contributed by atoms with Crippen molar-refractivity contribution in [2.24, 2.45) is 0 Å². The van der Waals surface area contributed by atoms with E-state index in [0.29, 0.717) is 13.1 Å². The fourth-order valence-corrected chi connectivity index (χ4v) is 1.99. The summed E-state index contributed by atoms with van der Waals surface area (Å²) in [5.74, 6) is -0.852. The van der Waals surface area contributed by atoms with E-state index in [1.54, 1.807) is 11.0 Å². The van der Waals surface area contributed by atoms with Crippen molar-refractivity contribution in [1.82, 2.24) is 10.2 Å². The molecule has 0 aromatic heterocycles. The molecular weight excluding hydrogens is 220 g/mol. The van der Waals surface area contributed by atoms with Crippen molar-refractivity contribution < 1.29 is 15.0 Å². The van der Waals surface area contributed by atoms with Gasteiger partial charge in [-0.2, -0.15) is 0 Å². The fraction of sp³-hybridized carbons (Fsp3) is 0.417. The van der Waals surface area contributed by atoms with Crippen LogP contribution in [0.3, 0.4) is 0 Å². The number of hydrogen-bond donors (Lipinski definition) is 3. The maximum Gasteiger partial charge on any atom is 0.257 e. The number of aromatic hydroxyl groups is 2. The third-order valence-corrected chi connectivity index (χ3v) is 2.90. The van der Waals surface area contributed by atoms with Crippen LogP contribution in [0, 0.1) is 0 Å². The fourth-order valence-electron chi connectivity index (χ4n) is 1.99. The van der Waals surface area contributed by atoms with Gasteiger partial charge in [0, 0.05) is 25.7 Å². The van der Waals surface area contributed by atoms with Gasteiger partial charge in [0.2, 0.25) is 0 Å². The zero-order chi connectivity index (χ0) is 12.4. The minimum absolute atomic E-state index is 0.152. The molecule has 0 bridgehead atoms. The van der Waals surface area contributed by atoms with E-state index in [-0.39, 0.29) is 29.0 Å². The molecule has 1 aliphatic heterocycles. The predicted molar refractivity (Wildman–Crippen MR) is 63.1 cm³/mol. The van der Waals surface area contributed by atoms with Crippen LogP contribution in [0.5, 0.6) is 11.5 Å². The first kappa shape index (κ1) is 11.7. The lowest BCUT2D eigenvalue weighted by Crippen LogP contribution is -2.51. The average Bonchev–Trinajstić information content (AvgIpc) is 2.32. The summed E-state index contributed by atoms with van der Waals surface area (Å²) >= 11 is 0. The molecule has 1 atom stereocenters. The molecular formula is C12H16N2O3. The Kier molecular flexibility index (Phi) is 3.19. The highest BCUT2D eigenvalue weighted by Crippen LogP contribution is 2.29. The third kappa shape index (κ3) is 2.34. The van der Waals surface area contributed by atoms with E-state index < -0.39 is 0 Å². The smallest absolute Gasteiger partial charge is 0.257 e. The monoisotopic (exact) mass is 236 g/mol. The van der Waals surface area contributed by atoms with Crippen LogP contribution < -0.4 is 5.32 Å². The molecule has 1 heterocycles. The zero-order valence-electron chi connectivity index (χ0n) is 9.68. The molecule has 5 heteroatoms. The van der Waals surface area contributed by atoms with E-state index in [1.807, 2.05) is 6.92 Å². The second-order valence-corrected chi connectivity index (χ2v) is 4.28. The zero-order valence-corrected chi connectivity index (χ0v) is 9.68. The van der Waals surface area contributed by atoms with Gasteiger partial charge < -0.3 is 20.4 Å². The molecule has 1 aliphatic rings. The molecule has 5 nitrogen and oxygen atoms in total. The molecule has 1 fully saturated rings. The molecule has 1 saturated heterocycles. The van der Waals surface area contributed by atoms with Crippen molar-refractivity contribution in [2.75, 3.05) is 19.6 Å². The average molecular weight is 236 g/mol. The Hall–Kier alpha value is -1.75. The Morgan fingerprint density at radius 3 is 2.94 bits per heavy atom. The molecule has 92 valence electrons. The minimum Gasteiger partial charge on any atom is -0.504 e. The molecule has 0 radical (unpaired) electrons. The number of nitrogens with zero attached hydrogens (tertiary/aromatic N) is 1. The highest BCUT2D eigenvalue weighted by Gasteiger charge is 2.24. The van der Waals surface area contributed by atoms with Crippen LogP contribution in [0.2, 0.25) is 0 Å². The number of para-hydroxylation sites is 1. The summed E-state index contributed by atoms with van der Waals surface area (Å²) in [6, 6.07) is 4.66. The van der Waals surface area contributed by atoms with Gasteiger partial charge in [0.05, 0.1) is 5.56 Å². The molecule has 1 aromatic rings. The molecule has 0 spiro atoms. The third-order valence-electron chi connectivity index (χ3n) is 2.90. The van der Waals surface area contributed by atoms with Crippen LogP contribution in [0.4, 0.5) is 0 Å². The minimum atomic E-state index is -0.344. The van der Waals surface area contributed by atoms with Gasteiger partial charge in [-0.05, 0) is 19.1 Å². The second-order valence-electron chi connectivity index (χ2n) is 4.28.